The summed E-state index contributed by atoms with van der Waals surface area (Å²) in [6, 6.07) is 7.87. The number of hydrogen-bond acceptors (Lipinski definition) is 2. The molecule has 3 rings (SSSR count). The maximum absolute atomic E-state index is 6.15. The molecule has 1 aromatic heterocycles. The first kappa shape index (κ1) is 11.7. The van der Waals surface area contributed by atoms with E-state index in [0.29, 0.717) is 5.92 Å². The lowest BCUT2D eigenvalue weighted by Crippen LogP contribution is -1.96. The number of benzene rings is 1. The van der Waals surface area contributed by atoms with Gasteiger partial charge in [0.25, 0.3) is 0 Å². The molecule has 1 aliphatic carbocycles. The van der Waals surface area contributed by atoms with E-state index in [4.69, 9.17) is 11.6 Å². The lowest BCUT2D eigenvalue weighted by atomic mass is 10.1. The largest absolute Gasteiger partial charge is 0.263 e. The van der Waals surface area contributed by atoms with E-state index >= 15 is 0 Å². The summed E-state index contributed by atoms with van der Waals surface area (Å²) in [5.41, 5.74) is 1.09. The summed E-state index contributed by atoms with van der Waals surface area (Å²) in [7, 11) is 0. The van der Waals surface area contributed by atoms with Crippen molar-refractivity contribution in [1.29, 1.82) is 0 Å². The first-order valence-electron chi connectivity index (χ1n) is 6.47. The first-order valence-corrected chi connectivity index (χ1v) is 6.85. The predicted molar refractivity (Wildman–Crippen MR) is 71.8 cm³/mol. The second kappa shape index (κ2) is 5.11. The minimum atomic E-state index is 0.557. The van der Waals surface area contributed by atoms with E-state index in [-0.39, 0.29) is 0 Å². The molecule has 18 heavy (non-hydrogen) atoms. The van der Waals surface area contributed by atoms with Crippen molar-refractivity contribution in [2.75, 3.05) is 0 Å². The normalized spacial score (nSPS) is 16.3. The topological polar surface area (TPSA) is 41.6 Å². The lowest BCUT2D eigenvalue weighted by molar-refractivity contribution is 0.671. The summed E-state index contributed by atoms with van der Waals surface area (Å²) in [5, 5.41) is 8.17. The minimum Gasteiger partial charge on any atom is -0.263 e. The van der Waals surface area contributed by atoms with Crippen molar-refractivity contribution in [1.82, 2.24) is 15.2 Å². The van der Waals surface area contributed by atoms with Gasteiger partial charge in [-0.2, -0.15) is 5.10 Å². The third kappa shape index (κ3) is 2.41. The maximum Gasteiger partial charge on any atom is 0.153 e. The molecule has 2 aromatic rings. The van der Waals surface area contributed by atoms with Gasteiger partial charge in [0.05, 0.1) is 0 Å². The van der Waals surface area contributed by atoms with Crippen LogP contribution in [0.25, 0.3) is 0 Å². The Balaban J connectivity index is 1.75. The number of nitrogens with zero attached hydrogens (tertiary/aromatic N) is 2. The Morgan fingerprint density at radius 1 is 1.22 bits per heavy atom. The van der Waals surface area contributed by atoms with Crippen molar-refractivity contribution < 1.29 is 0 Å². The van der Waals surface area contributed by atoms with Crippen LogP contribution in [0.3, 0.4) is 0 Å². The zero-order valence-electron chi connectivity index (χ0n) is 10.2. The molecule has 3 nitrogen and oxygen atoms in total. The minimum absolute atomic E-state index is 0.557. The number of halogens is 1. The van der Waals surface area contributed by atoms with Crippen LogP contribution in [0.4, 0.5) is 0 Å². The molecule has 1 N–H and O–H groups in total. The van der Waals surface area contributed by atoms with Crippen LogP contribution in [0.15, 0.2) is 24.3 Å². The van der Waals surface area contributed by atoms with Gasteiger partial charge >= 0.3 is 0 Å². The average molecular weight is 262 g/mol. The molecule has 1 saturated carbocycles. The molecule has 0 spiro atoms. The SMILES string of the molecule is Clc1ccccc1Cc1nc(C2CCCC2)n[nH]1. The molecule has 1 fully saturated rings. The fourth-order valence-corrected chi connectivity index (χ4v) is 2.78. The monoisotopic (exact) mass is 261 g/mol. The van der Waals surface area contributed by atoms with Gasteiger partial charge in [0, 0.05) is 17.4 Å². The molecule has 0 bridgehead atoms. The van der Waals surface area contributed by atoms with Crippen molar-refractivity contribution in [2.45, 2.75) is 38.0 Å². The van der Waals surface area contributed by atoms with Crippen LogP contribution in [0.5, 0.6) is 0 Å². The van der Waals surface area contributed by atoms with Gasteiger partial charge in [-0.3, -0.25) is 5.10 Å². The van der Waals surface area contributed by atoms with E-state index in [1.54, 1.807) is 0 Å². The predicted octanol–water partition coefficient (Wildman–Crippen LogP) is 3.71. The van der Waals surface area contributed by atoms with E-state index in [2.05, 4.69) is 15.2 Å². The van der Waals surface area contributed by atoms with E-state index in [0.717, 1.165) is 28.7 Å². The number of aromatic nitrogens is 3. The highest BCUT2D eigenvalue weighted by Crippen LogP contribution is 2.32. The van der Waals surface area contributed by atoms with E-state index in [1.165, 1.54) is 25.7 Å². The second-order valence-corrected chi connectivity index (χ2v) is 5.30. The Kier molecular flexibility index (Phi) is 3.33. The van der Waals surface area contributed by atoms with Gasteiger partial charge in [-0.05, 0) is 24.5 Å². The Morgan fingerprint density at radius 2 is 2.00 bits per heavy atom. The molecule has 0 atom stereocenters. The summed E-state index contributed by atoms with van der Waals surface area (Å²) >= 11 is 6.15. The maximum atomic E-state index is 6.15. The molecule has 0 unspecified atom stereocenters. The van der Waals surface area contributed by atoms with Crippen LogP contribution < -0.4 is 0 Å². The van der Waals surface area contributed by atoms with Gasteiger partial charge in [0.1, 0.15) is 5.82 Å². The Labute approximate surface area is 112 Å². The van der Waals surface area contributed by atoms with E-state index in [1.807, 2.05) is 24.3 Å². The Morgan fingerprint density at radius 3 is 2.78 bits per heavy atom. The molecular weight excluding hydrogens is 246 g/mol. The fourth-order valence-electron chi connectivity index (χ4n) is 2.58. The zero-order valence-corrected chi connectivity index (χ0v) is 11.0. The molecule has 4 heteroatoms. The van der Waals surface area contributed by atoms with Gasteiger partial charge < -0.3 is 0 Å². The molecule has 0 amide bonds. The Bertz CT molecular complexity index is 529. The molecule has 1 aliphatic rings. The molecular formula is C14H16ClN3. The molecule has 1 aromatic carbocycles. The summed E-state index contributed by atoms with van der Waals surface area (Å²) in [4.78, 5) is 4.60. The van der Waals surface area contributed by atoms with Gasteiger partial charge in [0.2, 0.25) is 0 Å². The fraction of sp³-hybridized carbons (Fsp3) is 0.429. The molecule has 0 saturated heterocycles. The van der Waals surface area contributed by atoms with Crippen molar-refractivity contribution in [3.05, 3.63) is 46.5 Å². The molecule has 1 heterocycles. The number of rotatable bonds is 3. The lowest BCUT2D eigenvalue weighted by Gasteiger charge is -2.02. The third-order valence-corrected chi connectivity index (χ3v) is 3.95. The van der Waals surface area contributed by atoms with Gasteiger partial charge in [-0.15, -0.1) is 0 Å². The van der Waals surface area contributed by atoms with Crippen LogP contribution in [0.2, 0.25) is 5.02 Å². The summed E-state index contributed by atoms with van der Waals surface area (Å²) in [5.74, 6) is 2.45. The van der Waals surface area contributed by atoms with Crippen LogP contribution >= 0.6 is 11.6 Å². The van der Waals surface area contributed by atoms with Crippen LogP contribution in [-0.2, 0) is 6.42 Å². The number of H-pyrrole nitrogens is 1. The van der Waals surface area contributed by atoms with Gasteiger partial charge in [-0.25, -0.2) is 4.98 Å². The van der Waals surface area contributed by atoms with Gasteiger partial charge in [0.15, 0.2) is 5.82 Å². The summed E-state index contributed by atoms with van der Waals surface area (Å²) in [6.07, 6.45) is 5.78. The molecule has 0 aliphatic heterocycles. The number of hydrogen-bond donors (Lipinski definition) is 1. The van der Waals surface area contributed by atoms with Crippen molar-refractivity contribution >= 4 is 11.6 Å². The highest BCUT2D eigenvalue weighted by molar-refractivity contribution is 6.31. The van der Waals surface area contributed by atoms with Crippen LogP contribution in [0, 0.1) is 0 Å². The second-order valence-electron chi connectivity index (χ2n) is 4.89. The number of aromatic amines is 1. The summed E-state index contributed by atoms with van der Waals surface area (Å²) in [6.45, 7) is 0. The van der Waals surface area contributed by atoms with Gasteiger partial charge in [-0.1, -0.05) is 42.6 Å². The third-order valence-electron chi connectivity index (χ3n) is 3.59. The highest BCUT2D eigenvalue weighted by atomic mass is 35.5. The average Bonchev–Trinajstić information content (AvgIpc) is 3.02. The number of nitrogens with one attached hydrogen (secondary N) is 1. The first-order chi connectivity index (χ1) is 8.83. The van der Waals surface area contributed by atoms with Crippen LogP contribution in [-0.4, -0.2) is 15.2 Å². The quantitative estimate of drug-likeness (QED) is 0.915. The van der Waals surface area contributed by atoms with E-state index in [9.17, 15) is 0 Å². The smallest absolute Gasteiger partial charge is 0.153 e. The highest BCUT2D eigenvalue weighted by Gasteiger charge is 2.21. The summed E-state index contributed by atoms with van der Waals surface area (Å²) < 4.78 is 0. The Hall–Kier alpha value is -1.35. The van der Waals surface area contributed by atoms with E-state index < -0.39 is 0 Å². The molecule has 94 valence electrons. The standard InChI is InChI=1S/C14H16ClN3/c15-12-8-4-3-7-11(12)9-13-16-14(18-17-13)10-5-1-2-6-10/h3-4,7-8,10H,1-2,5-6,9H2,(H,16,17,18). The van der Waals surface area contributed by atoms with Crippen molar-refractivity contribution in [3.8, 4) is 0 Å². The zero-order chi connectivity index (χ0) is 12.4. The van der Waals surface area contributed by atoms with Crippen LogP contribution in [0.1, 0.15) is 48.8 Å². The van der Waals surface area contributed by atoms with Crippen molar-refractivity contribution in [3.63, 3.8) is 0 Å². The van der Waals surface area contributed by atoms with Crippen molar-refractivity contribution in [2.24, 2.45) is 0 Å². The molecule has 0 radical (unpaired) electrons.